The summed E-state index contributed by atoms with van der Waals surface area (Å²) in [4.78, 5) is 20.7. The van der Waals surface area contributed by atoms with E-state index in [1.807, 2.05) is 91.3 Å². The van der Waals surface area contributed by atoms with Gasteiger partial charge in [0.25, 0.3) is 5.91 Å². The molecule has 1 saturated carbocycles. The van der Waals surface area contributed by atoms with Gasteiger partial charge in [0.1, 0.15) is 17.1 Å². The van der Waals surface area contributed by atoms with Crippen molar-refractivity contribution in [3.63, 3.8) is 0 Å². The smallest absolute Gasteiger partial charge is 0.251 e. The first-order valence-electron chi connectivity index (χ1n) is 13.0. The van der Waals surface area contributed by atoms with Crippen molar-refractivity contribution in [2.45, 2.75) is 38.1 Å². The van der Waals surface area contributed by atoms with Crippen LogP contribution in [0.2, 0.25) is 0 Å². The summed E-state index contributed by atoms with van der Waals surface area (Å²) in [5.74, 6) is 1.58. The third kappa shape index (κ3) is 4.98. The Hall–Kier alpha value is -4.38. The van der Waals surface area contributed by atoms with E-state index in [4.69, 9.17) is 4.74 Å². The molecule has 0 radical (unpaired) electrons. The molecule has 6 rings (SSSR count). The van der Waals surface area contributed by atoms with Crippen molar-refractivity contribution in [2.24, 2.45) is 0 Å². The fourth-order valence-electron chi connectivity index (χ4n) is 5.12. The molecule has 0 spiro atoms. The number of carbonyl (C=O) groups excluding carboxylic acids is 1. The molecule has 0 bridgehead atoms. The number of hydrogen-bond donors (Lipinski definition) is 2. The lowest BCUT2D eigenvalue weighted by molar-refractivity contribution is 0.0927. The number of aromatic amines is 1. The van der Waals surface area contributed by atoms with Crippen molar-refractivity contribution in [3.8, 4) is 33.8 Å². The van der Waals surface area contributed by atoms with Gasteiger partial charge in [-0.2, -0.15) is 0 Å². The summed E-state index contributed by atoms with van der Waals surface area (Å²) in [6, 6.07) is 28.1. The quantitative estimate of drug-likeness (QED) is 0.257. The van der Waals surface area contributed by atoms with E-state index in [2.05, 4.69) is 21.4 Å². The third-order valence-corrected chi connectivity index (χ3v) is 7.10. The van der Waals surface area contributed by atoms with Crippen LogP contribution in [-0.2, 0) is 0 Å². The van der Waals surface area contributed by atoms with Crippen LogP contribution in [0.4, 0.5) is 0 Å². The minimum Gasteiger partial charge on any atom is -0.457 e. The van der Waals surface area contributed by atoms with Crippen molar-refractivity contribution in [2.75, 3.05) is 0 Å². The molecule has 5 heteroatoms. The number of nitrogens with one attached hydrogen (secondary N) is 2. The number of fused-ring (bicyclic) bond motifs is 1. The number of H-pyrrole nitrogens is 1. The predicted molar refractivity (Wildman–Crippen MR) is 148 cm³/mol. The molecule has 1 aliphatic carbocycles. The van der Waals surface area contributed by atoms with Crippen LogP contribution in [0.25, 0.3) is 33.3 Å². The van der Waals surface area contributed by atoms with Gasteiger partial charge >= 0.3 is 0 Å². The molecule has 2 aromatic heterocycles. The highest BCUT2D eigenvalue weighted by molar-refractivity contribution is 5.98. The number of pyridine rings is 1. The first-order valence-corrected chi connectivity index (χ1v) is 13.0. The van der Waals surface area contributed by atoms with E-state index in [0.29, 0.717) is 11.6 Å². The molecule has 0 atom stereocenters. The summed E-state index contributed by atoms with van der Waals surface area (Å²) in [6.45, 7) is 0. The van der Waals surface area contributed by atoms with Crippen LogP contribution in [0.5, 0.6) is 11.5 Å². The SMILES string of the molecule is O=C(NC1CCCCC1)c1ccc(-c2c[nH]c3ncc(-c4ccccc4Oc4ccccc4)cc23)cc1. The van der Waals surface area contributed by atoms with Crippen LogP contribution in [0.3, 0.4) is 0 Å². The Morgan fingerprint density at radius 1 is 0.838 bits per heavy atom. The molecule has 5 nitrogen and oxygen atoms in total. The zero-order valence-electron chi connectivity index (χ0n) is 20.6. The van der Waals surface area contributed by atoms with E-state index < -0.39 is 0 Å². The Kier molecular flexibility index (Phi) is 6.42. The maximum atomic E-state index is 12.7. The van der Waals surface area contributed by atoms with Gasteiger partial charge in [0, 0.05) is 46.1 Å². The fraction of sp³-hybridized carbons (Fsp3) is 0.188. The highest BCUT2D eigenvalue weighted by atomic mass is 16.5. The Morgan fingerprint density at radius 3 is 2.41 bits per heavy atom. The highest BCUT2D eigenvalue weighted by Crippen LogP contribution is 2.36. The average molecular weight is 488 g/mol. The van der Waals surface area contributed by atoms with Crippen molar-refractivity contribution in [1.82, 2.24) is 15.3 Å². The minimum atomic E-state index is 0.0105. The maximum Gasteiger partial charge on any atom is 0.251 e. The summed E-state index contributed by atoms with van der Waals surface area (Å²) < 4.78 is 6.19. The second kappa shape index (κ2) is 10.3. The summed E-state index contributed by atoms with van der Waals surface area (Å²) in [5.41, 5.74) is 5.54. The standard InChI is InChI=1S/C32H29N3O2/c36-32(35-25-9-3-1-4-10-25)23-17-15-22(16-18-23)29-21-34-31-28(29)19-24(20-33-31)27-13-7-8-14-30(27)37-26-11-5-2-6-12-26/h2,5-8,11-21,25H,1,3-4,9-10H2,(H,33,34)(H,35,36). The maximum absolute atomic E-state index is 12.7. The molecule has 1 aliphatic rings. The number of nitrogens with zero attached hydrogens (tertiary/aromatic N) is 1. The normalized spacial score (nSPS) is 13.9. The predicted octanol–water partition coefficient (Wildman–Crippen LogP) is 7.75. The van der Waals surface area contributed by atoms with E-state index in [0.717, 1.165) is 57.6 Å². The van der Waals surface area contributed by atoms with Gasteiger partial charge in [-0.15, -0.1) is 0 Å². The van der Waals surface area contributed by atoms with Gasteiger partial charge in [0.15, 0.2) is 0 Å². The lowest BCUT2D eigenvalue weighted by atomic mass is 9.95. The second-order valence-corrected chi connectivity index (χ2v) is 9.62. The molecule has 37 heavy (non-hydrogen) atoms. The Balaban J connectivity index is 1.28. The first-order chi connectivity index (χ1) is 18.2. The molecule has 2 N–H and O–H groups in total. The summed E-state index contributed by atoms with van der Waals surface area (Å²) in [7, 11) is 0. The highest BCUT2D eigenvalue weighted by Gasteiger charge is 2.17. The number of rotatable bonds is 6. The monoisotopic (exact) mass is 487 g/mol. The van der Waals surface area contributed by atoms with Crippen LogP contribution < -0.4 is 10.1 Å². The van der Waals surface area contributed by atoms with E-state index >= 15 is 0 Å². The van der Waals surface area contributed by atoms with Crippen molar-refractivity contribution in [3.05, 3.63) is 103 Å². The van der Waals surface area contributed by atoms with Crippen LogP contribution in [0.1, 0.15) is 42.5 Å². The topological polar surface area (TPSA) is 67.0 Å². The Morgan fingerprint density at radius 2 is 1.59 bits per heavy atom. The van der Waals surface area contributed by atoms with Crippen LogP contribution in [0, 0.1) is 0 Å². The molecule has 0 aliphatic heterocycles. The van der Waals surface area contributed by atoms with E-state index in [9.17, 15) is 4.79 Å². The lowest BCUT2D eigenvalue weighted by Gasteiger charge is -2.22. The largest absolute Gasteiger partial charge is 0.457 e. The second-order valence-electron chi connectivity index (χ2n) is 9.62. The van der Waals surface area contributed by atoms with Crippen LogP contribution in [0.15, 0.2) is 97.3 Å². The zero-order valence-corrected chi connectivity index (χ0v) is 20.6. The van der Waals surface area contributed by atoms with Gasteiger partial charge in [-0.05, 0) is 54.8 Å². The number of hydrogen-bond acceptors (Lipinski definition) is 3. The summed E-state index contributed by atoms with van der Waals surface area (Å²) in [6.07, 6.45) is 9.67. The first kappa shape index (κ1) is 23.0. The average Bonchev–Trinajstić information content (AvgIpc) is 3.38. The number of benzene rings is 3. The summed E-state index contributed by atoms with van der Waals surface area (Å²) >= 11 is 0. The van der Waals surface area contributed by atoms with Gasteiger partial charge in [-0.1, -0.05) is 67.8 Å². The number of aromatic nitrogens is 2. The molecule has 2 heterocycles. The number of ether oxygens (including phenoxy) is 1. The van der Waals surface area contributed by atoms with Gasteiger partial charge < -0.3 is 15.0 Å². The van der Waals surface area contributed by atoms with Gasteiger partial charge in [-0.3, -0.25) is 4.79 Å². The molecule has 3 aromatic carbocycles. The van der Waals surface area contributed by atoms with Crippen molar-refractivity contribution in [1.29, 1.82) is 0 Å². The molecule has 0 unspecified atom stereocenters. The minimum absolute atomic E-state index is 0.0105. The van der Waals surface area contributed by atoms with Gasteiger partial charge in [-0.25, -0.2) is 4.98 Å². The van der Waals surface area contributed by atoms with Crippen molar-refractivity contribution < 1.29 is 9.53 Å². The third-order valence-electron chi connectivity index (χ3n) is 7.10. The molecule has 5 aromatic rings. The molecule has 0 saturated heterocycles. The fourth-order valence-corrected chi connectivity index (χ4v) is 5.12. The number of amides is 1. The van der Waals surface area contributed by atoms with E-state index in [1.165, 1.54) is 19.3 Å². The Labute approximate surface area is 216 Å². The molecule has 1 amide bonds. The molecule has 1 fully saturated rings. The van der Waals surface area contributed by atoms with Crippen LogP contribution in [-0.4, -0.2) is 21.9 Å². The number of para-hydroxylation sites is 2. The van der Waals surface area contributed by atoms with Gasteiger partial charge in [0.2, 0.25) is 0 Å². The lowest BCUT2D eigenvalue weighted by Crippen LogP contribution is -2.36. The Bertz CT molecular complexity index is 1520. The van der Waals surface area contributed by atoms with E-state index in [1.54, 1.807) is 0 Å². The van der Waals surface area contributed by atoms with E-state index in [-0.39, 0.29) is 5.91 Å². The number of carbonyl (C=O) groups is 1. The molecular formula is C32H29N3O2. The van der Waals surface area contributed by atoms with Crippen molar-refractivity contribution >= 4 is 16.9 Å². The van der Waals surface area contributed by atoms with Crippen LogP contribution >= 0.6 is 0 Å². The zero-order chi connectivity index (χ0) is 25.0. The van der Waals surface area contributed by atoms with Gasteiger partial charge in [0.05, 0.1) is 0 Å². The summed E-state index contributed by atoms with van der Waals surface area (Å²) in [5, 5.41) is 4.22. The molecule has 184 valence electrons. The molecular weight excluding hydrogens is 458 g/mol.